The number of benzene rings is 1. The summed E-state index contributed by atoms with van der Waals surface area (Å²) in [5.41, 5.74) is 2.81. The number of rotatable bonds is 7. The van der Waals surface area contributed by atoms with Crippen molar-refractivity contribution >= 4 is 0 Å². The average molecular weight is 345 g/mol. The lowest BCUT2D eigenvalue weighted by molar-refractivity contribution is 0.292. The van der Waals surface area contributed by atoms with Crippen molar-refractivity contribution in [2.45, 2.75) is 47.7 Å². The summed E-state index contributed by atoms with van der Waals surface area (Å²) in [7, 11) is 0. The molecule has 0 atom stereocenters. The van der Waals surface area contributed by atoms with Crippen LogP contribution in [-0.2, 0) is 13.1 Å². The summed E-state index contributed by atoms with van der Waals surface area (Å²) in [5, 5.41) is 4.54. The molecule has 0 radical (unpaired) electrons. The average Bonchev–Trinajstić information content (AvgIpc) is 2.57. The van der Waals surface area contributed by atoms with Gasteiger partial charge in [-0.05, 0) is 55.8 Å². The van der Waals surface area contributed by atoms with E-state index in [1.165, 1.54) is 6.07 Å². The minimum atomic E-state index is -0.234. The Morgan fingerprint density at radius 1 is 1.20 bits per heavy atom. The molecule has 0 amide bonds. The number of halogens is 1. The van der Waals surface area contributed by atoms with Crippen LogP contribution in [0, 0.1) is 18.7 Å². The van der Waals surface area contributed by atoms with Gasteiger partial charge in [0.15, 0.2) is 0 Å². The molecular formula is C20H28FN3O. The Labute approximate surface area is 149 Å². The molecule has 0 aliphatic rings. The van der Waals surface area contributed by atoms with Crippen LogP contribution in [0.3, 0.4) is 0 Å². The van der Waals surface area contributed by atoms with Gasteiger partial charge < -0.3 is 0 Å². The van der Waals surface area contributed by atoms with Crippen molar-refractivity contribution in [1.82, 2.24) is 14.7 Å². The Bertz CT molecular complexity index is 779. The van der Waals surface area contributed by atoms with Crippen molar-refractivity contribution < 1.29 is 4.39 Å². The monoisotopic (exact) mass is 345 g/mol. The van der Waals surface area contributed by atoms with Crippen molar-refractivity contribution in [2.24, 2.45) is 5.92 Å². The van der Waals surface area contributed by atoms with Gasteiger partial charge in [-0.3, -0.25) is 9.69 Å². The maximum atomic E-state index is 13.6. The minimum absolute atomic E-state index is 0.0387. The molecule has 0 fully saturated rings. The fourth-order valence-electron chi connectivity index (χ4n) is 2.81. The van der Waals surface area contributed by atoms with E-state index in [0.29, 0.717) is 30.3 Å². The maximum Gasteiger partial charge on any atom is 0.271 e. The Morgan fingerprint density at radius 2 is 1.88 bits per heavy atom. The van der Waals surface area contributed by atoms with Crippen LogP contribution in [0.1, 0.15) is 38.8 Å². The molecule has 1 aromatic carbocycles. The molecular weight excluding hydrogens is 317 g/mol. The Morgan fingerprint density at radius 3 is 2.44 bits per heavy atom. The Hall–Kier alpha value is -2.01. The van der Waals surface area contributed by atoms with Crippen molar-refractivity contribution in [1.29, 1.82) is 0 Å². The highest BCUT2D eigenvalue weighted by Crippen LogP contribution is 2.20. The lowest BCUT2D eigenvalue weighted by atomic mass is 10.1. The summed E-state index contributed by atoms with van der Waals surface area (Å²) in [6.45, 7) is 13.0. The van der Waals surface area contributed by atoms with Gasteiger partial charge in [0.1, 0.15) is 5.82 Å². The molecule has 0 N–H and O–H groups in total. The quantitative estimate of drug-likeness (QED) is 0.765. The molecule has 0 spiro atoms. The van der Waals surface area contributed by atoms with Gasteiger partial charge in [-0.1, -0.05) is 27.7 Å². The van der Waals surface area contributed by atoms with Gasteiger partial charge in [-0.25, -0.2) is 9.07 Å². The Kier molecular flexibility index (Phi) is 6.48. The molecule has 5 heteroatoms. The lowest BCUT2D eigenvalue weighted by Gasteiger charge is -2.19. The highest BCUT2D eigenvalue weighted by atomic mass is 19.1. The zero-order valence-electron chi connectivity index (χ0n) is 15.8. The van der Waals surface area contributed by atoms with E-state index in [-0.39, 0.29) is 11.4 Å². The normalized spacial score (nSPS) is 11.5. The van der Waals surface area contributed by atoms with E-state index in [1.54, 1.807) is 23.7 Å². The first kappa shape index (κ1) is 19.3. The summed E-state index contributed by atoms with van der Waals surface area (Å²) in [5.74, 6) is 0.0827. The van der Waals surface area contributed by atoms with E-state index in [9.17, 15) is 9.18 Å². The molecule has 0 unspecified atom stereocenters. The smallest absolute Gasteiger partial charge is 0.271 e. The summed E-state index contributed by atoms with van der Waals surface area (Å²) < 4.78 is 15.1. The van der Waals surface area contributed by atoms with E-state index in [4.69, 9.17) is 0 Å². The lowest BCUT2D eigenvalue weighted by Crippen LogP contribution is -2.32. The minimum Gasteiger partial charge on any atom is -0.299 e. The first-order valence-corrected chi connectivity index (χ1v) is 8.95. The van der Waals surface area contributed by atoms with E-state index >= 15 is 0 Å². The van der Waals surface area contributed by atoms with Gasteiger partial charge in [-0.2, -0.15) is 5.10 Å². The second-order valence-electron chi connectivity index (χ2n) is 6.86. The zero-order valence-corrected chi connectivity index (χ0v) is 15.8. The Balaban J connectivity index is 2.55. The first-order chi connectivity index (χ1) is 11.8. The predicted molar refractivity (Wildman–Crippen MR) is 100 cm³/mol. The fourth-order valence-corrected chi connectivity index (χ4v) is 2.81. The van der Waals surface area contributed by atoms with Crippen molar-refractivity contribution in [3.05, 3.63) is 51.6 Å². The first-order valence-electron chi connectivity index (χ1n) is 8.95. The summed E-state index contributed by atoms with van der Waals surface area (Å²) in [6.07, 6.45) is 0. The van der Waals surface area contributed by atoms with Crippen molar-refractivity contribution in [3.63, 3.8) is 0 Å². The molecule has 0 aliphatic carbocycles. The second kappa shape index (κ2) is 8.39. The summed E-state index contributed by atoms with van der Waals surface area (Å²) >= 11 is 0. The third kappa shape index (κ3) is 4.75. The zero-order chi connectivity index (χ0) is 18.6. The van der Waals surface area contributed by atoms with Crippen molar-refractivity contribution in [3.8, 4) is 11.3 Å². The number of aromatic nitrogens is 2. The molecule has 4 nitrogen and oxygen atoms in total. The van der Waals surface area contributed by atoms with Crippen LogP contribution in [0.5, 0.6) is 0 Å². The SMILES string of the molecule is CCN(CC)Cc1cc(-c2ccc(F)c(C)c2)nn(CC(C)C)c1=O. The third-order valence-electron chi connectivity index (χ3n) is 4.33. The van der Waals surface area contributed by atoms with Crippen LogP contribution in [0.15, 0.2) is 29.1 Å². The molecule has 136 valence electrons. The van der Waals surface area contributed by atoms with Crippen LogP contribution >= 0.6 is 0 Å². The number of nitrogens with zero attached hydrogens (tertiary/aromatic N) is 3. The molecule has 0 aliphatic heterocycles. The molecule has 1 heterocycles. The van der Waals surface area contributed by atoms with E-state index < -0.39 is 0 Å². The predicted octanol–water partition coefficient (Wildman–Crippen LogP) is 3.86. The number of hydrogen-bond donors (Lipinski definition) is 0. The van der Waals surface area contributed by atoms with E-state index in [2.05, 4.69) is 37.7 Å². The van der Waals surface area contributed by atoms with Gasteiger partial charge >= 0.3 is 0 Å². The fraction of sp³-hybridized carbons (Fsp3) is 0.500. The topological polar surface area (TPSA) is 38.1 Å². The van der Waals surface area contributed by atoms with Gasteiger partial charge in [0.2, 0.25) is 0 Å². The summed E-state index contributed by atoms with van der Waals surface area (Å²) in [6, 6.07) is 6.80. The third-order valence-corrected chi connectivity index (χ3v) is 4.33. The molecule has 0 saturated carbocycles. The number of hydrogen-bond acceptors (Lipinski definition) is 3. The van der Waals surface area contributed by atoms with Gasteiger partial charge in [0.05, 0.1) is 5.69 Å². The van der Waals surface area contributed by atoms with Crippen LogP contribution in [-0.4, -0.2) is 27.8 Å². The molecule has 25 heavy (non-hydrogen) atoms. The van der Waals surface area contributed by atoms with Crippen LogP contribution in [0.25, 0.3) is 11.3 Å². The van der Waals surface area contributed by atoms with Crippen LogP contribution in [0.2, 0.25) is 0 Å². The van der Waals surface area contributed by atoms with Crippen LogP contribution < -0.4 is 5.56 Å². The molecule has 1 aromatic heterocycles. The van der Waals surface area contributed by atoms with Crippen molar-refractivity contribution in [2.75, 3.05) is 13.1 Å². The number of aryl methyl sites for hydroxylation is 1. The molecule has 2 rings (SSSR count). The largest absolute Gasteiger partial charge is 0.299 e. The molecule has 0 bridgehead atoms. The highest BCUT2D eigenvalue weighted by Gasteiger charge is 2.14. The summed E-state index contributed by atoms with van der Waals surface area (Å²) in [4.78, 5) is 15.0. The van der Waals surface area contributed by atoms with E-state index in [1.807, 2.05) is 6.07 Å². The highest BCUT2D eigenvalue weighted by molar-refractivity contribution is 5.60. The molecule has 2 aromatic rings. The van der Waals surface area contributed by atoms with Gasteiger partial charge in [0, 0.05) is 24.2 Å². The standard InChI is InChI=1S/C20H28FN3O/c1-6-23(7-2)13-17-11-19(16-8-9-18(21)15(5)10-16)22-24(20(17)25)12-14(3)4/h8-11,14H,6-7,12-13H2,1-5H3. The second-order valence-corrected chi connectivity index (χ2v) is 6.86. The van der Waals surface area contributed by atoms with E-state index in [0.717, 1.165) is 24.2 Å². The van der Waals surface area contributed by atoms with Gasteiger partial charge in [-0.15, -0.1) is 0 Å². The molecule has 0 saturated heterocycles. The maximum absolute atomic E-state index is 13.6. The van der Waals surface area contributed by atoms with Gasteiger partial charge in [0.25, 0.3) is 5.56 Å². The van der Waals surface area contributed by atoms with Crippen LogP contribution in [0.4, 0.5) is 4.39 Å².